The summed E-state index contributed by atoms with van der Waals surface area (Å²) in [6.07, 6.45) is 4.57. The second kappa shape index (κ2) is 5.19. The van der Waals surface area contributed by atoms with Crippen LogP contribution in [-0.4, -0.2) is 20.2 Å². The molecule has 0 aliphatic heterocycles. The van der Waals surface area contributed by atoms with E-state index in [0.717, 1.165) is 12.8 Å². The van der Waals surface area contributed by atoms with E-state index in [1.165, 1.54) is 18.9 Å². The Bertz CT molecular complexity index is 609. The van der Waals surface area contributed by atoms with E-state index in [4.69, 9.17) is 5.73 Å². The van der Waals surface area contributed by atoms with Crippen molar-refractivity contribution >= 4 is 5.69 Å². The highest BCUT2D eigenvalue weighted by molar-refractivity contribution is 5.59. The Morgan fingerprint density at radius 1 is 1.35 bits per heavy atom. The molecule has 1 aliphatic carbocycles. The van der Waals surface area contributed by atoms with Gasteiger partial charge < -0.3 is 5.73 Å². The lowest BCUT2D eigenvalue weighted by Crippen LogP contribution is -2.19. The van der Waals surface area contributed by atoms with Gasteiger partial charge in [0.1, 0.15) is 5.82 Å². The quantitative estimate of drug-likeness (QED) is 0.856. The van der Waals surface area contributed by atoms with E-state index in [9.17, 15) is 4.39 Å². The van der Waals surface area contributed by atoms with Crippen molar-refractivity contribution in [3.05, 3.63) is 24.0 Å². The predicted octanol–water partition coefficient (Wildman–Crippen LogP) is 2.81. The molecule has 0 bridgehead atoms. The van der Waals surface area contributed by atoms with Gasteiger partial charge in [0, 0.05) is 5.56 Å². The lowest BCUT2D eigenvalue weighted by Gasteiger charge is -2.27. The molecule has 20 heavy (non-hydrogen) atoms. The fraction of sp³-hybridized carbons (Fsp3) is 0.500. The van der Waals surface area contributed by atoms with Crippen LogP contribution < -0.4 is 5.73 Å². The van der Waals surface area contributed by atoms with Crippen LogP contribution in [-0.2, 0) is 0 Å². The number of anilines is 1. The van der Waals surface area contributed by atoms with Crippen molar-refractivity contribution in [1.29, 1.82) is 0 Å². The lowest BCUT2D eigenvalue weighted by atomic mass is 9.87. The van der Waals surface area contributed by atoms with Crippen LogP contribution in [0.1, 0.15) is 38.6 Å². The van der Waals surface area contributed by atoms with Crippen LogP contribution in [0.3, 0.4) is 0 Å². The van der Waals surface area contributed by atoms with Crippen molar-refractivity contribution in [2.75, 3.05) is 5.73 Å². The second-order valence-corrected chi connectivity index (χ2v) is 5.61. The average molecular weight is 275 g/mol. The number of hydrogen-bond acceptors (Lipinski definition) is 4. The number of rotatable bonds is 2. The van der Waals surface area contributed by atoms with Gasteiger partial charge in [0.15, 0.2) is 5.82 Å². The molecule has 0 saturated heterocycles. The summed E-state index contributed by atoms with van der Waals surface area (Å²) in [5, 5.41) is 11.9. The molecular weight excluding hydrogens is 257 g/mol. The number of hydrogen-bond donors (Lipinski definition) is 1. The molecule has 2 aromatic rings. The summed E-state index contributed by atoms with van der Waals surface area (Å²) in [6.45, 7) is 2.25. The Hall–Kier alpha value is -1.98. The van der Waals surface area contributed by atoms with Gasteiger partial charge in [-0.05, 0) is 47.4 Å². The highest BCUT2D eigenvalue weighted by Gasteiger charge is 2.24. The number of tetrazole rings is 1. The van der Waals surface area contributed by atoms with Crippen molar-refractivity contribution in [3.8, 4) is 11.4 Å². The molecule has 1 aromatic carbocycles. The summed E-state index contributed by atoms with van der Waals surface area (Å²) in [5.74, 6) is 0.853. The number of nitrogens with zero attached hydrogens (tertiary/aromatic N) is 4. The highest BCUT2D eigenvalue weighted by atomic mass is 19.1. The Morgan fingerprint density at radius 2 is 2.20 bits per heavy atom. The third kappa shape index (κ3) is 2.37. The van der Waals surface area contributed by atoms with E-state index in [0.29, 0.717) is 23.3 Å². The molecule has 5 nitrogen and oxygen atoms in total. The summed E-state index contributed by atoms with van der Waals surface area (Å²) in [6, 6.07) is 4.99. The van der Waals surface area contributed by atoms with Crippen LogP contribution in [0.2, 0.25) is 0 Å². The molecule has 1 fully saturated rings. The molecule has 3 rings (SSSR count). The SMILES string of the molecule is CC1CCCC(n2nnnc2-c2ccc(N)c(F)c2)C1. The minimum Gasteiger partial charge on any atom is -0.396 e. The van der Waals surface area contributed by atoms with Gasteiger partial charge in [-0.25, -0.2) is 9.07 Å². The van der Waals surface area contributed by atoms with Gasteiger partial charge in [0.25, 0.3) is 0 Å². The van der Waals surface area contributed by atoms with Crippen molar-refractivity contribution in [1.82, 2.24) is 20.2 Å². The number of nitrogens with two attached hydrogens (primary N) is 1. The second-order valence-electron chi connectivity index (χ2n) is 5.61. The van der Waals surface area contributed by atoms with Crippen LogP contribution in [0.4, 0.5) is 10.1 Å². The van der Waals surface area contributed by atoms with Crippen molar-refractivity contribution in [3.63, 3.8) is 0 Å². The maximum atomic E-state index is 13.6. The fourth-order valence-electron chi connectivity index (χ4n) is 2.92. The third-order valence-corrected chi connectivity index (χ3v) is 4.01. The summed E-state index contributed by atoms with van der Waals surface area (Å²) in [7, 11) is 0. The molecule has 1 saturated carbocycles. The molecule has 1 aromatic heterocycles. The van der Waals surface area contributed by atoms with Crippen LogP contribution in [0.15, 0.2) is 18.2 Å². The minimum absolute atomic E-state index is 0.138. The van der Waals surface area contributed by atoms with E-state index in [1.807, 2.05) is 4.68 Å². The molecule has 1 heterocycles. The van der Waals surface area contributed by atoms with Crippen LogP contribution in [0.5, 0.6) is 0 Å². The van der Waals surface area contributed by atoms with Crippen LogP contribution in [0, 0.1) is 11.7 Å². The number of halogens is 1. The van der Waals surface area contributed by atoms with Crippen molar-refractivity contribution in [2.24, 2.45) is 5.92 Å². The first-order chi connectivity index (χ1) is 9.65. The van der Waals surface area contributed by atoms with Gasteiger partial charge in [-0.3, -0.25) is 0 Å². The van der Waals surface area contributed by atoms with E-state index >= 15 is 0 Å². The summed E-state index contributed by atoms with van der Waals surface area (Å²) in [4.78, 5) is 0. The van der Waals surface area contributed by atoms with Gasteiger partial charge in [0.2, 0.25) is 0 Å². The maximum Gasteiger partial charge on any atom is 0.182 e. The van der Waals surface area contributed by atoms with Gasteiger partial charge in [-0.2, -0.15) is 0 Å². The first-order valence-corrected chi connectivity index (χ1v) is 6.98. The van der Waals surface area contributed by atoms with Crippen LogP contribution in [0.25, 0.3) is 11.4 Å². The Morgan fingerprint density at radius 3 is 2.95 bits per heavy atom. The summed E-state index contributed by atoms with van der Waals surface area (Å²) >= 11 is 0. The molecule has 2 atom stereocenters. The zero-order valence-electron chi connectivity index (χ0n) is 11.5. The number of aromatic nitrogens is 4. The van der Waals surface area contributed by atoms with Crippen molar-refractivity contribution in [2.45, 2.75) is 38.6 Å². The minimum atomic E-state index is -0.436. The zero-order valence-corrected chi connectivity index (χ0v) is 11.5. The lowest BCUT2D eigenvalue weighted by molar-refractivity contribution is 0.265. The molecule has 0 radical (unpaired) electrons. The molecule has 2 unspecified atom stereocenters. The molecule has 1 aliphatic rings. The highest BCUT2D eigenvalue weighted by Crippen LogP contribution is 2.34. The smallest absolute Gasteiger partial charge is 0.182 e. The Labute approximate surface area is 117 Å². The van der Waals surface area contributed by atoms with E-state index in [-0.39, 0.29) is 5.69 Å². The van der Waals surface area contributed by atoms with E-state index in [2.05, 4.69) is 22.4 Å². The molecular formula is C14H18FN5. The normalized spacial score (nSPS) is 22.9. The molecule has 2 N–H and O–H groups in total. The van der Waals surface area contributed by atoms with Gasteiger partial charge in [0.05, 0.1) is 11.7 Å². The molecule has 0 spiro atoms. The molecule has 0 amide bonds. The third-order valence-electron chi connectivity index (χ3n) is 4.01. The number of benzene rings is 1. The van der Waals surface area contributed by atoms with Gasteiger partial charge in [-0.15, -0.1) is 5.10 Å². The Kier molecular flexibility index (Phi) is 3.38. The fourth-order valence-corrected chi connectivity index (χ4v) is 2.92. The summed E-state index contributed by atoms with van der Waals surface area (Å²) < 4.78 is 15.4. The maximum absolute atomic E-state index is 13.6. The molecule has 106 valence electrons. The standard InChI is InChI=1S/C14H18FN5/c1-9-3-2-4-11(7-9)20-14(17-18-19-20)10-5-6-13(16)12(15)8-10/h5-6,8-9,11H,2-4,7,16H2,1H3. The topological polar surface area (TPSA) is 69.6 Å². The monoisotopic (exact) mass is 275 g/mol. The van der Waals surface area contributed by atoms with E-state index < -0.39 is 5.82 Å². The van der Waals surface area contributed by atoms with E-state index in [1.54, 1.807) is 12.1 Å². The van der Waals surface area contributed by atoms with Crippen LogP contribution >= 0.6 is 0 Å². The predicted molar refractivity (Wildman–Crippen MR) is 74.3 cm³/mol. The van der Waals surface area contributed by atoms with Gasteiger partial charge in [-0.1, -0.05) is 19.8 Å². The van der Waals surface area contributed by atoms with Crippen molar-refractivity contribution < 1.29 is 4.39 Å². The molecule has 6 heteroatoms. The zero-order chi connectivity index (χ0) is 14.1. The average Bonchev–Trinajstić information content (AvgIpc) is 2.91. The Balaban J connectivity index is 1.95. The summed E-state index contributed by atoms with van der Waals surface area (Å²) in [5.41, 5.74) is 6.31. The first-order valence-electron chi connectivity index (χ1n) is 6.98. The first kappa shape index (κ1) is 13.0. The van der Waals surface area contributed by atoms with Gasteiger partial charge >= 0.3 is 0 Å². The largest absolute Gasteiger partial charge is 0.396 e. The number of nitrogen functional groups attached to an aromatic ring is 1.